The number of halogens is 1. The summed E-state index contributed by atoms with van der Waals surface area (Å²) in [4.78, 5) is 11.7. The maximum absolute atomic E-state index is 11.7. The van der Waals surface area contributed by atoms with Crippen LogP contribution in [0.2, 0.25) is 5.02 Å². The highest BCUT2D eigenvalue weighted by molar-refractivity contribution is 6.31. The van der Waals surface area contributed by atoms with Crippen LogP contribution in [0.15, 0.2) is 18.2 Å². The van der Waals surface area contributed by atoms with Crippen molar-refractivity contribution in [3.8, 4) is 0 Å². The molecule has 1 aromatic rings. The highest BCUT2D eigenvalue weighted by Gasteiger charge is 2.19. The summed E-state index contributed by atoms with van der Waals surface area (Å²) in [6.45, 7) is 2.70. The van der Waals surface area contributed by atoms with E-state index < -0.39 is 0 Å². The van der Waals surface area contributed by atoms with E-state index in [1.807, 2.05) is 19.1 Å². The Morgan fingerprint density at radius 3 is 3.06 bits per heavy atom. The van der Waals surface area contributed by atoms with Gasteiger partial charge in [0.1, 0.15) is 0 Å². The van der Waals surface area contributed by atoms with E-state index in [1.54, 1.807) is 6.07 Å². The van der Waals surface area contributed by atoms with E-state index in [0.29, 0.717) is 11.4 Å². The van der Waals surface area contributed by atoms with E-state index in [1.165, 1.54) is 0 Å². The Bertz CT molecular complexity index is 414. The van der Waals surface area contributed by atoms with Crippen LogP contribution in [0.5, 0.6) is 0 Å². The zero-order valence-electron chi connectivity index (χ0n) is 9.83. The SMILES string of the molecule is Cc1ccc(NC(=O)CC2CCCO2)cc1Cl. The van der Waals surface area contributed by atoms with Crippen LogP contribution in [0.1, 0.15) is 24.8 Å². The molecular weight excluding hydrogens is 238 g/mol. The molecule has 1 heterocycles. The van der Waals surface area contributed by atoms with Crippen LogP contribution in [0.3, 0.4) is 0 Å². The first-order valence-electron chi connectivity index (χ1n) is 5.83. The molecule has 92 valence electrons. The van der Waals surface area contributed by atoms with Crippen molar-refractivity contribution in [2.24, 2.45) is 0 Å². The number of aryl methyl sites for hydroxylation is 1. The second-order valence-corrected chi connectivity index (χ2v) is 4.76. The van der Waals surface area contributed by atoms with Crippen LogP contribution in [-0.4, -0.2) is 18.6 Å². The summed E-state index contributed by atoms with van der Waals surface area (Å²) in [5, 5.41) is 3.50. The third-order valence-electron chi connectivity index (χ3n) is 2.89. The molecule has 4 heteroatoms. The predicted molar refractivity (Wildman–Crippen MR) is 68.4 cm³/mol. The molecule has 0 aromatic heterocycles. The lowest BCUT2D eigenvalue weighted by Gasteiger charge is -2.10. The minimum absolute atomic E-state index is 0.0168. The van der Waals surface area contributed by atoms with Gasteiger partial charge < -0.3 is 10.1 Å². The van der Waals surface area contributed by atoms with Gasteiger partial charge in [-0.05, 0) is 37.5 Å². The molecule has 0 saturated carbocycles. The molecule has 0 aliphatic carbocycles. The maximum Gasteiger partial charge on any atom is 0.226 e. The summed E-state index contributed by atoms with van der Waals surface area (Å²) >= 11 is 5.99. The highest BCUT2D eigenvalue weighted by Crippen LogP contribution is 2.21. The number of hydrogen-bond donors (Lipinski definition) is 1. The maximum atomic E-state index is 11.7. The molecule has 1 amide bonds. The Labute approximate surface area is 106 Å². The third kappa shape index (κ3) is 3.45. The second kappa shape index (κ2) is 5.52. The number of amides is 1. The van der Waals surface area contributed by atoms with E-state index >= 15 is 0 Å². The topological polar surface area (TPSA) is 38.3 Å². The van der Waals surface area contributed by atoms with Crippen LogP contribution < -0.4 is 5.32 Å². The van der Waals surface area contributed by atoms with E-state index in [2.05, 4.69) is 5.32 Å². The number of hydrogen-bond acceptors (Lipinski definition) is 2. The Hall–Kier alpha value is -1.06. The quantitative estimate of drug-likeness (QED) is 0.899. The second-order valence-electron chi connectivity index (χ2n) is 4.35. The molecule has 17 heavy (non-hydrogen) atoms. The number of anilines is 1. The number of carbonyl (C=O) groups is 1. The summed E-state index contributed by atoms with van der Waals surface area (Å²) in [7, 11) is 0. The average Bonchev–Trinajstić information content (AvgIpc) is 2.76. The molecule has 1 aliphatic heterocycles. The lowest BCUT2D eigenvalue weighted by Crippen LogP contribution is -2.19. The standard InChI is InChI=1S/C13H16ClNO2/c1-9-4-5-10(7-12(9)14)15-13(16)8-11-3-2-6-17-11/h4-5,7,11H,2-3,6,8H2,1H3,(H,15,16). The van der Waals surface area contributed by atoms with Gasteiger partial charge in [0.25, 0.3) is 0 Å². The van der Waals surface area contributed by atoms with Gasteiger partial charge in [0.2, 0.25) is 5.91 Å². The van der Waals surface area contributed by atoms with Crippen molar-refractivity contribution in [3.63, 3.8) is 0 Å². The molecule has 0 bridgehead atoms. The highest BCUT2D eigenvalue weighted by atomic mass is 35.5. The number of rotatable bonds is 3. The molecule has 1 atom stereocenters. The lowest BCUT2D eigenvalue weighted by molar-refractivity contribution is -0.118. The van der Waals surface area contributed by atoms with E-state index in [0.717, 1.165) is 30.7 Å². The van der Waals surface area contributed by atoms with Gasteiger partial charge in [-0.1, -0.05) is 17.7 Å². The molecule has 1 unspecified atom stereocenters. The first-order valence-corrected chi connectivity index (χ1v) is 6.20. The van der Waals surface area contributed by atoms with Crippen LogP contribution in [0.25, 0.3) is 0 Å². The molecule has 1 saturated heterocycles. The van der Waals surface area contributed by atoms with Gasteiger partial charge in [-0.15, -0.1) is 0 Å². The summed E-state index contributed by atoms with van der Waals surface area (Å²) in [5.74, 6) is -0.0168. The van der Waals surface area contributed by atoms with Crippen molar-refractivity contribution in [2.75, 3.05) is 11.9 Å². The molecule has 1 N–H and O–H groups in total. The largest absolute Gasteiger partial charge is 0.378 e. The van der Waals surface area contributed by atoms with Gasteiger partial charge in [0.05, 0.1) is 12.5 Å². The Morgan fingerprint density at radius 1 is 1.59 bits per heavy atom. The molecule has 1 aromatic carbocycles. The molecule has 0 radical (unpaired) electrons. The summed E-state index contributed by atoms with van der Waals surface area (Å²) in [5.41, 5.74) is 1.74. The van der Waals surface area contributed by atoms with Crippen LogP contribution in [-0.2, 0) is 9.53 Å². The van der Waals surface area contributed by atoms with E-state index in [-0.39, 0.29) is 12.0 Å². The summed E-state index contributed by atoms with van der Waals surface area (Å²) < 4.78 is 5.42. The van der Waals surface area contributed by atoms with Crippen LogP contribution in [0, 0.1) is 6.92 Å². The minimum Gasteiger partial charge on any atom is -0.378 e. The van der Waals surface area contributed by atoms with E-state index in [9.17, 15) is 4.79 Å². The Kier molecular flexibility index (Phi) is 4.02. The number of benzene rings is 1. The normalized spacial score (nSPS) is 19.3. The van der Waals surface area contributed by atoms with Crippen molar-refractivity contribution >= 4 is 23.2 Å². The monoisotopic (exact) mass is 253 g/mol. The first-order chi connectivity index (χ1) is 8.15. The molecule has 2 rings (SSSR count). The van der Waals surface area contributed by atoms with Crippen molar-refractivity contribution in [2.45, 2.75) is 32.3 Å². The van der Waals surface area contributed by atoms with Gasteiger partial charge in [0, 0.05) is 17.3 Å². The van der Waals surface area contributed by atoms with Crippen LogP contribution >= 0.6 is 11.6 Å². The predicted octanol–water partition coefficient (Wildman–Crippen LogP) is 3.16. The summed E-state index contributed by atoms with van der Waals surface area (Å²) in [6.07, 6.45) is 2.53. The third-order valence-corrected chi connectivity index (χ3v) is 3.30. The van der Waals surface area contributed by atoms with Crippen molar-refractivity contribution in [1.82, 2.24) is 0 Å². The van der Waals surface area contributed by atoms with Gasteiger partial charge >= 0.3 is 0 Å². The van der Waals surface area contributed by atoms with Crippen molar-refractivity contribution in [1.29, 1.82) is 0 Å². The molecular formula is C13H16ClNO2. The average molecular weight is 254 g/mol. The zero-order chi connectivity index (χ0) is 12.3. The van der Waals surface area contributed by atoms with Crippen LogP contribution in [0.4, 0.5) is 5.69 Å². The Balaban J connectivity index is 1.90. The van der Waals surface area contributed by atoms with Crippen molar-refractivity contribution < 1.29 is 9.53 Å². The van der Waals surface area contributed by atoms with Gasteiger partial charge in [-0.3, -0.25) is 4.79 Å². The lowest BCUT2D eigenvalue weighted by atomic mass is 10.1. The fraction of sp³-hybridized carbons (Fsp3) is 0.462. The minimum atomic E-state index is -0.0168. The van der Waals surface area contributed by atoms with E-state index in [4.69, 9.17) is 16.3 Å². The smallest absolute Gasteiger partial charge is 0.226 e. The van der Waals surface area contributed by atoms with Gasteiger partial charge in [-0.25, -0.2) is 0 Å². The molecule has 1 aliphatic rings. The first kappa shape index (κ1) is 12.4. The molecule has 0 spiro atoms. The van der Waals surface area contributed by atoms with Gasteiger partial charge in [0.15, 0.2) is 0 Å². The number of carbonyl (C=O) groups excluding carboxylic acids is 1. The fourth-order valence-electron chi connectivity index (χ4n) is 1.89. The summed E-state index contributed by atoms with van der Waals surface area (Å²) in [6, 6.07) is 5.52. The fourth-order valence-corrected chi connectivity index (χ4v) is 2.08. The van der Waals surface area contributed by atoms with Gasteiger partial charge in [-0.2, -0.15) is 0 Å². The number of ether oxygens (including phenoxy) is 1. The molecule has 1 fully saturated rings. The zero-order valence-corrected chi connectivity index (χ0v) is 10.6. The van der Waals surface area contributed by atoms with Crippen molar-refractivity contribution in [3.05, 3.63) is 28.8 Å². The number of nitrogens with one attached hydrogen (secondary N) is 1. The Morgan fingerprint density at radius 2 is 2.41 bits per heavy atom. The molecule has 3 nitrogen and oxygen atoms in total.